The predicted molar refractivity (Wildman–Crippen MR) is 265 cm³/mol. The quantitative estimate of drug-likeness (QED) is 0.161. The van der Waals surface area contributed by atoms with Crippen molar-refractivity contribution in [2.24, 2.45) is 0 Å². The first kappa shape index (κ1) is 36.1. The Labute approximate surface area is 368 Å². The first-order valence-electron chi connectivity index (χ1n) is 21.7. The van der Waals surface area contributed by atoms with Gasteiger partial charge in [-0.15, -0.1) is 0 Å². The lowest BCUT2D eigenvalue weighted by atomic mass is 9.94. The molecule has 0 aliphatic carbocycles. The highest BCUT2D eigenvalue weighted by molar-refractivity contribution is 6.21. The van der Waals surface area contributed by atoms with E-state index in [-0.39, 0.29) is 0 Å². The molecule has 0 amide bonds. The van der Waals surface area contributed by atoms with E-state index >= 15 is 0 Å². The van der Waals surface area contributed by atoms with Crippen LogP contribution in [-0.2, 0) is 0 Å². The number of rotatable bonds is 7. The lowest BCUT2D eigenvalue weighted by Crippen LogP contribution is -2.11. The predicted octanol–water partition coefficient (Wildman–Crippen LogP) is 17.5. The van der Waals surface area contributed by atoms with Crippen molar-refractivity contribution in [1.29, 1.82) is 0 Å². The Morgan fingerprint density at radius 3 is 1.59 bits per heavy atom. The molecule has 13 rings (SSSR count). The maximum absolute atomic E-state index is 7.07. The van der Waals surface area contributed by atoms with E-state index in [4.69, 9.17) is 13.3 Å². The van der Waals surface area contributed by atoms with Crippen molar-refractivity contribution in [1.82, 2.24) is 0 Å². The molecule has 3 heterocycles. The van der Waals surface area contributed by atoms with Crippen molar-refractivity contribution >= 4 is 82.9 Å². The average Bonchev–Trinajstić information content (AvgIpc) is 4.06. The summed E-state index contributed by atoms with van der Waals surface area (Å²) in [4.78, 5) is 2.39. The number of hydrogen-bond donors (Lipinski definition) is 0. The van der Waals surface area contributed by atoms with Crippen LogP contribution in [0.5, 0.6) is 0 Å². The van der Waals surface area contributed by atoms with E-state index < -0.39 is 0 Å². The van der Waals surface area contributed by atoms with Gasteiger partial charge in [0.1, 0.15) is 33.5 Å². The highest BCUT2D eigenvalue weighted by Gasteiger charge is 2.26. The summed E-state index contributed by atoms with van der Waals surface area (Å²) in [6, 6.07) is 79.0. The summed E-state index contributed by atoms with van der Waals surface area (Å²) in [6.45, 7) is 0. The van der Waals surface area contributed by atoms with Gasteiger partial charge in [-0.1, -0.05) is 152 Å². The van der Waals surface area contributed by atoms with E-state index in [2.05, 4.69) is 211 Å². The van der Waals surface area contributed by atoms with Gasteiger partial charge in [0.25, 0.3) is 0 Å². The Hall–Kier alpha value is -8.60. The largest absolute Gasteiger partial charge is 0.456 e. The van der Waals surface area contributed by atoms with Crippen LogP contribution >= 0.6 is 0 Å². The molecule has 0 bridgehead atoms. The fourth-order valence-corrected chi connectivity index (χ4v) is 9.73. The Morgan fingerprint density at radius 2 is 0.844 bits per heavy atom. The van der Waals surface area contributed by atoms with E-state index in [0.29, 0.717) is 0 Å². The van der Waals surface area contributed by atoms with E-state index in [0.717, 1.165) is 127 Å². The summed E-state index contributed by atoms with van der Waals surface area (Å²) in [5.41, 5.74) is 16.8. The van der Waals surface area contributed by atoms with E-state index in [1.54, 1.807) is 0 Å². The third-order valence-electron chi connectivity index (χ3n) is 12.7. The van der Waals surface area contributed by atoms with Crippen molar-refractivity contribution in [2.75, 3.05) is 4.90 Å². The van der Waals surface area contributed by atoms with E-state index in [1.165, 1.54) is 0 Å². The van der Waals surface area contributed by atoms with E-state index in [1.807, 2.05) is 18.2 Å². The Bertz CT molecular complexity index is 3880. The van der Waals surface area contributed by atoms with Crippen LogP contribution in [0.3, 0.4) is 0 Å². The van der Waals surface area contributed by atoms with Gasteiger partial charge < -0.3 is 18.2 Å². The molecule has 4 nitrogen and oxygen atoms in total. The molecule has 10 aromatic carbocycles. The summed E-state index contributed by atoms with van der Waals surface area (Å²) >= 11 is 0. The van der Waals surface area contributed by atoms with Crippen molar-refractivity contribution in [3.8, 4) is 44.5 Å². The van der Waals surface area contributed by atoms with Crippen LogP contribution in [0.25, 0.3) is 110 Å². The molecular weight excluding hydrogens is 783 g/mol. The fraction of sp³-hybridized carbons (Fsp3) is 0. The molecule has 0 atom stereocenters. The van der Waals surface area contributed by atoms with Gasteiger partial charge in [0.2, 0.25) is 0 Å². The first-order valence-corrected chi connectivity index (χ1v) is 21.7. The highest BCUT2D eigenvalue weighted by atomic mass is 16.3. The monoisotopic (exact) mass is 819 g/mol. The summed E-state index contributed by atoms with van der Waals surface area (Å²) in [6.07, 6.45) is 0. The van der Waals surface area contributed by atoms with Crippen molar-refractivity contribution in [2.45, 2.75) is 0 Å². The average molecular weight is 820 g/mol. The maximum Gasteiger partial charge on any atom is 0.145 e. The molecule has 64 heavy (non-hydrogen) atoms. The molecule has 0 spiro atoms. The number of fused-ring (bicyclic) bond motifs is 9. The smallest absolute Gasteiger partial charge is 0.145 e. The van der Waals surface area contributed by atoms with Crippen LogP contribution in [0, 0.1) is 0 Å². The van der Waals surface area contributed by atoms with Gasteiger partial charge in [0.15, 0.2) is 0 Å². The topological polar surface area (TPSA) is 42.7 Å². The molecule has 0 aliphatic heterocycles. The second kappa shape index (κ2) is 14.5. The minimum Gasteiger partial charge on any atom is -0.456 e. The van der Waals surface area contributed by atoms with Gasteiger partial charge in [-0.05, 0) is 112 Å². The van der Waals surface area contributed by atoms with E-state index in [9.17, 15) is 0 Å². The third kappa shape index (κ3) is 5.77. The van der Waals surface area contributed by atoms with Crippen LogP contribution in [0.15, 0.2) is 238 Å². The number of para-hydroxylation sites is 1. The molecule has 3 aromatic heterocycles. The molecule has 0 N–H and O–H groups in total. The number of furan rings is 3. The summed E-state index contributed by atoms with van der Waals surface area (Å²) in [5, 5.41) is 6.24. The second-order valence-corrected chi connectivity index (χ2v) is 16.4. The first-order chi connectivity index (χ1) is 31.7. The molecule has 13 aromatic rings. The van der Waals surface area contributed by atoms with Crippen LogP contribution < -0.4 is 4.90 Å². The number of benzene rings is 10. The van der Waals surface area contributed by atoms with Crippen LogP contribution in [0.1, 0.15) is 0 Å². The minimum absolute atomic E-state index is 0.819. The van der Waals surface area contributed by atoms with Crippen LogP contribution in [-0.4, -0.2) is 0 Å². The highest BCUT2D eigenvalue weighted by Crippen LogP contribution is 2.50. The van der Waals surface area contributed by atoms with Crippen molar-refractivity contribution < 1.29 is 13.3 Å². The molecule has 0 aliphatic rings. The molecule has 4 heteroatoms. The van der Waals surface area contributed by atoms with Crippen molar-refractivity contribution in [3.05, 3.63) is 224 Å². The second-order valence-electron chi connectivity index (χ2n) is 16.4. The molecule has 0 fully saturated rings. The van der Waals surface area contributed by atoms with Crippen molar-refractivity contribution in [3.63, 3.8) is 0 Å². The van der Waals surface area contributed by atoms with Crippen LogP contribution in [0.2, 0.25) is 0 Å². The van der Waals surface area contributed by atoms with Gasteiger partial charge >= 0.3 is 0 Å². The lowest BCUT2D eigenvalue weighted by Gasteiger charge is -2.27. The molecule has 0 saturated carbocycles. The number of nitrogens with zero attached hydrogens (tertiary/aromatic N) is 1. The molecule has 300 valence electrons. The van der Waals surface area contributed by atoms with Gasteiger partial charge in [-0.2, -0.15) is 0 Å². The van der Waals surface area contributed by atoms with Crippen LogP contribution in [0.4, 0.5) is 17.1 Å². The zero-order chi connectivity index (χ0) is 42.1. The SMILES string of the molecule is c1ccc(-c2ccc3c(c2)oc2c(-c4ccccc4)ccc(N(c4ccc5oc6cc(-c7ccccc7)cc(-c7ccccc7)c6c5c4)c4cccc5oc6ccccc6c45)c23)cc1. The lowest BCUT2D eigenvalue weighted by molar-refractivity contribution is 0.668. The van der Waals surface area contributed by atoms with Gasteiger partial charge in [-0.3, -0.25) is 0 Å². The molecule has 0 unspecified atom stereocenters. The molecule has 0 radical (unpaired) electrons. The standard InChI is InChI=1S/C60H37NO3/c1-5-16-38(17-6-1)42-28-30-47-55(35-42)64-60-45(40-20-9-3-10-21-40)31-32-51(59(47)60)61(50-25-15-27-54-58(50)46-24-13-14-26-52(46)62-54)44-29-33-53-49(37-44)57-48(41-22-11-4-12-23-41)34-43(36-56(57)63-53)39-18-7-2-8-19-39/h1-37H. The minimum atomic E-state index is 0.819. The Balaban J connectivity index is 1.12. The van der Waals surface area contributed by atoms with Gasteiger partial charge in [0, 0.05) is 32.8 Å². The third-order valence-corrected chi connectivity index (χ3v) is 12.7. The fourth-order valence-electron chi connectivity index (χ4n) is 9.73. The summed E-state index contributed by atoms with van der Waals surface area (Å²) in [5.74, 6) is 0. The van der Waals surface area contributed by atoms with Gasteiger partial charge in [-0.25, -0.2) is 0 Å². The zero-order valence-electron chi connectivity index (χ0n) is 34.5. The summed E-state index contributed by atoms with van der Waals surface area (Å²) < 4.78 is 20.4. The normalized spacial score (nSPS) is 11.8. The summed E-state index contributed by atoms with van der Waals surface area (Å²) in [7, 11) is 0. The zero-order valence-corrected chi connectivity index (χ0v) is 34.5. The number of anilines is 3. The molecule has 0 saturated heterocycles. The Kier molecular flexibility index (Phi) is 8.18. The number of hydrogen-bond acceptors (Lipinski definition) is 4. The maximum atomic E-state index is 7.07. The Morgan fingerprint density at radius 1 is 0.266 bits per heavy atom. The molecular formula is C60H37NO3. The van der Waals surface area contributed by atoms with Gasteiger partial charge in [0.05, 0.1) is 22.1 Å².